The Kier molecular flexibility index (Phi) is 5.45. The fourth-order valence-corrected chi connectivity index (χ4v) is 2.43. The van der Waals surface area contributed by atoms with Crippen LogP contribution in [0.5, 0.6) is 0 Å². The Bertz CT molecular complexity index is 768. The molecule has 0 heterocycles. The summed E-state index contributed by atoms with van der Waals surface area (Å²) in [4.78, 5) is 12.4. The number of amides is 1. The van der Waals surface area contributed by atoms with Crippen LogP contribution < -0.4 is 5.32 Å². The number of benzene rings is 2. The van der Waals surface area contributed by atoms with E-state index in [-0.39, 0.29) is 12.1 Å². The Morgan fingerprint density at radius 3 is 2.20 bits per heavy atom. The van der Waals surface area contributed by atoms with Crippen molar-refractivity contribution >= 4 is 5.91 Å². The zero-order chi connectivity index (χ0) is 18.5. The molecule has 4 nitrogen and oxygen atoms in total. The van der Waals surface area contributed by atoms with Crippen LogP contribution in [0, 0.1) is 11.3 Å². The fraction of sp³-hybridized carbons (Fsp3) is 0.222. The quantitative estimate of drug-likeness (QED) is 0.902. The van der Waals surface area contributed by atoms with Gasteiger partial charge in [-0.25, -0.2) is 0 Å². The van der Waals surface area contributed by atoms with Crippen LogP contribution >= 0.6 is 0 Å². The first-order chi connectivity index (χ1) is 11.8. The molecule has 0 fully saturated rings. The molecule has 0 saturated heterocycles. The number of carbonyl (C=O) groups is 1. The average Bonchev–Trinajstić information content (AvgIpc) is 2.61. The van der Waals surface area contributed by atoms with Crippen LogP contribution in [0.25, 0.3) is 0 Å². The van der Waals surface area contributed by atoms with Crippen molar-refractivity contribution in [3.63, 3.8) is 0 Å². The van der Waals surface area contributed by atoms with Crippen LogP contribution in [0.4, 0.5) is 13.2 Å². The fourth-order valence-electron chi connectivity index (χ4n) is 2.43. The summed E-state index contributed by atoms with van der Waals surface area (Å²) in [7, 11) is 0.849. The minimum Gasteiger partial charge on any atom is -0.356 e. The van der Waals surface area contributed by atoms with E-state index < -0.39 is 17.7 Å². The number of rotatable bonds is 5. The monoisotopic (exact) mass is 348 g/mol. The molecule has 0 radical (unpaired) electrons. The van der Waals surface area contributed by atoms with Gasteiger partial charge in [-0.05, 0) is 17.7 Å². The summed E-state index contributed by atoms with van der Waals surface area (Å²) < 4.78 is 45.8. The molecule has 2 rings (SSSR count). The summed E-state index contributed by atoms with van der Waals surface area (Å²) in [5.41, 5.74) is -2.42. The SMILES string of the molecule is CO[C@](C(=O)NCc1ccc(C#N)cc1)(c1ccccc1)C(F)(F)F. The minimum absolute atomic E-state index is 0.126. The van der Waals surface area contributed by atoms with Gasteiger partial charge < -0.3 is 10.1 Å². The van der Waals surface area contributed by atoms with Gasteiger partial charge >= 0.3 is 6.18 Å². The molecule has 0 aromatic heterocycles. The van der Waals surface area contributed by atoms with Crippen molar-refractivity contribution in [2.45, 2.75) is 18.3 Å². The first kappa shape index (κ1) is 18.5. The molecule has 1 atom stereocenters. The average molecular weight is 348 g/mol. The maximum absolute atomic E-state index is 13.7. The predicted molar refractivity (Wildman–Crippen MR) is 84.2 cm³/mol. The van der Waals surface area contributed by atoms with E-state index in [1.54, 1.807) is 18.2 Å². The molecule has 0 aliphatic rings. The molecule has 0 saturated carbocycles. The van der Waals surface area contributed by atoms with E-state index in [2.05, 4.69) is 5.32 Å². The van der Waals surface area contributed by atoms with Crippen LogP contribution in [0.2, 0.25) is 0 Å². The lowest BCUT2D eigenvalue weighted by atomic mass is 9.91. The number of nitriles is 1. The number of nitrogens with zero attached hydrogens (tertiary/aromatic N) is 1. The number of halogens is 3. The van der Waals surface area contributed by atoms with Gasteiger partial charge in [0.2, 0.25) is 0 Å². The molecule has 0 bridgehead atoms. The summed E-state index contributed by atoms with van der Waals surface area (Å²) in [5, 5.41) is 11.0. The minimum atomic E-state index is -4.95. The molecule has 130 valence electrons. The zero-order valence-corrected chi connectivity index (χ0v) is 13.3. The molecule has 7 heteroatoms. The van der Waals surface area contributed by atoms with E-state index in [1.807, 2.05) is 6.07 Å². The van der Waals surface area contributed by atoms with Crippen LogP contribution in [-0.2, 0) is 21.7 Å². The van der Waals surface area contributed by atoms with Gasteiger partial charge in [0, 0.05) is 19.2 Å². The van der Waals surface area contributed by atoms with Crippen molar-refractivity contribution in [3.8, 4) is 6.07 Å². The lowest BCUT2D eigenvalue weighted by molar-refractivity contribution is -0.265. The summed E-state index contributed by atoms with van der Waals surface area (Å²) in [6, 6.07) is 14.8. The topological polar surface area (TPSA) is 62.1 Å². The van der Waals surface area contributed by atoms with Gasteiger partial charge in [0.1, 0.15) is 0 Å². The molecular weight excluding hydrogens is 333 g/mol. The molecule has 0 aliphatic carbocycles. The molecule has 0 unspecified atom stereocenters. The van der Waals surface area contributed by atoms with Crippen LogP contribution in [0.1, 0.15) is 16.7 Å². The molecular formula is C18H15F3N2O2. The predicted octanol–water partition coefficient (Wildman–Crippen LogP) is 3.28. The summed E-state index contributed by atoms with van der Waals surface area (Å²) in [5.74, 6) is -1.31. The molecule has 1 N–H and O–H groups in total. The number of alkyl halides is 3. The lowest BCUT2D eigenvalue weighted by Gasteiger charge is -2.33. The largest absolute Gasteiger partial charge is 0.430 e. The van der Waals surface area contributed by atoms with Crippen molar-refractivity contribution in [1.29, 1.82) is 5.26 Å². The lowest BCUT2D eigenvalue weighted by Crippen LogP contribution is -2.55. The van der Waals surface area contributed by atoms with Gasteiger partial charge in [-0.1, -0.05) is 42.5 Å². The number of carbonyl (C=O) groups excluding carboxylic acids is 1. The van der Waals surface area contributed by atoms with Crippen LogP contribution in [0.3, 0.4) is 0 Å². The second-order valence-electron chi connectivity index (χ2n) is 5.24. The van der Waals surface area contributed by atoms with Gasteiger partial charge in [-0.2, -0.15) is 18.4 Å². The van der Waals surface area contributed by atoms with E-state index >= 15 is 0 Å². The van der Waals surface area contributed by atoms with E-state index in [0.717, 1.165) is 7.11 Å². The highest BCUT2D eigenvalue weighted by Gasteiger charge is 2.62. The third-order valence-electron chi connectivity index (χ3n) is 3.74. The number of ether oxygens (including phenoxy) is 1. The van der Waals surface area contributed by atoms with Crippen molar-refractivity contribution in [2.24, 2.45) is 0 Å². The Labute approximate surface area is 142 Å². The third-order valence-corrected chi connectivity index (χ3v) is 3.74. The van der Waals surface area contributed by atoms with Gasteiger partial charge in [0.25, 0.3) is 11.5 Å². The molecule has 0 spiro atoms. The van der Waals surface area contributed by atoms with E-state index in [4.69, 9.17) is 10.00 Å². The second kappa shape index (κ2) is 7.36. The normalized spacial score (nSPS) is 13.6. The van der Waals surface area contributed by atoms with Crippen molar-refractivity contribution in [3.05, 3.63) is 71.3 Å². The number of hydrogen-bond donors (Lipinski definition) is 1. The van der Waals surface area contributed by atoms with Gasteiger partial charge in [0.05, 0.1) is 11.6 Å². The van der Waals surface area contributed by atoms with E-state index in [9.17, 15) is 18.0 Å². The first-order valence-corrected chi connectivity index (χ1v) is 7.30. The van der Waals surface area contributed by atoms with Crippen molar-refractivity contribution in [2.75, 3.05) is 7.11 Å². The molecule has 0 aliphatic heterocycles. The number of methoxy groups -OCH3 is 1. The van der Waals surface area contributed by atoms with Gasteiger partial charge in [-0.15, -0.1) is 0 Å². The van der Waals surface area contributed by atoms with Crippen molar-refractivity contribution in [1.82, 2.24) is 5.32 Å². The third kappa shape index (κ3) is 3.64. The Hall–Kier alpha value is -2.85. The zero-order valence-electron chi connectivity index (χ0n) is 13.3. The summed E-state index contributed by atoms with van der Waals surface area (Å²) >= 11 is 0. The highest BCUT2D eigenvalue weighted by molar-refractivity contribution is 5.87. The van der Waals surface area contributed by atoms with E-state index in [0.29, 0.717) is 11.1 Å². The second-order valence-corrected chi connectivity index (χ2v) is 5.24. The maximum atomic E-state index is 13.7. The van der Waals surface area contributed by atoms with Crippen LogP contribution in [0.15, 0.2) is 54.6 Å². The first-order valence-electron chi connectivity index (χ1n) is 7.30. The smallest absolute Gasteiger partial charge is 0.356 e. The molecule has 1 amide bonds. The van der Waals surface area contributed by atoms with Gasteiger partial charge in [-0.3, -0.25) is 4.79 Å². The maximum Gasteiger partial charge on any atom is 0.430 e. The van der Waals surface area contributed by atoms with Crippen molar-refractivity contribution < 1.29 is 22.7 Å². The van der Waals surface area contributed by atoms with Crippen LogP contribution in [-0.4, -0.2) is 19.2 Å². The highest BCUT2D eigenvalue weighted by atomic mass is 19.4. The molecule has 25 heavy (non-hydrogen) atoms. The molecule has 2 aromatic carbocycles. The summed E-state index contributed by atoms with van der Waals surface area (Å²) in [6.07, 6.45) is -4.95. The molecule has 2 aromatic rings. The van der Waals surface area contributed by atoms with Gasteiger partial charge in [0.15, 0.2) is 0 Å². The highest BCUT2D eigenvalue weighted by Crippen LogP contribution is 2.42. The number of hydrogen-bond acceptors (Lipinski definition) is 3. The Balaban J connectivity index is 2.28. The Morgan fingerprint density at radius 2 is 1.72 bits per heavy atom. The standard InChI is InChI=1S/C18H15F3N2O2/c1-25-17(18(19,20)21,15-5-3-2-4-6-15)16(24)23-12-14-9-7-13(11-22)8-10-14/h2-10H,12H2,1H3,(H,23,24)/t17-/m0/s1. The Morgan fingerprint density at radius 1 is 1.12 bits per heavy atom. The van der Waals surface area contributed by atoms with E-state index in [1.165, 1.54) is 36.4 Å². The number of nitrogens with one attached hydrogen (secondary N) is 1. The summed E-state index contributed by atoms with van der Waals surface area (Å²) in [6.45, 7) is -0.126.